The first-order chi connectivity index (χ1) is 3.06. The first-order valence-electron chi connectivity index (χ1n) is 2.08. The standard InChI is InChI=1S/C4H9BrO2/c1-4(5,7)2-3-6/h6-7H,2-3H2,1H3. The van der Waals surface area contributed by atoms with Crippen molar-refractivity contribution in [2.45, 2.75) is 17.9 Å². The van der Waals surface area contributed by atoms with Crippen LogP contribution in [-0.2, 0) is 0 Å². The first kappa shape index (κ1) is 7.40. The van der Waals surface area contributed by atoms with Crippen LogP contribution in [0.25, 0.3) is 0 Å². The van der Waals surface area contributed by atoms with Crippen LogP contribution in [0.3, 0.4) is 0 Å². The lowest BCUT2D eigenvalue weighted by Gasteiger charge is -2.10. The summed E-state index contributed by atoms with van der Waals surface area (Å²) < 4.78 is -0.887. The van der Waals surface area contributed by atoms with Gasteiger partial charge in [-0.1, -0.05) is 15.9 Å². The Morgan fingerprint density at radius 1 is 1.71 bits per heavy atom. The molecule has 2 nitrogen and oxygen atoms in total. The summed E-state index contributed by atoms with van der Waals surface area (Å²) in [6, 6.07) is 0. The largest absolute Gasteiger partial charge is 0.396 e. The molecule has 0 aromatic carbocycles. The Morgan fingerprint density at radius 2 is 2.14 bits per heavy atom. The Kier molecular flexibility index (Phi) is 2.80. The van der Waals surface area contributed by atoms with Gasteiger partial charge >= 0.3 is 0 Å². The van der Waals surface area contributed by atoms with Crippen LogP contribution in [0.2, 0.25) is 0 Å². The molecule has 0 bridgehead atoms. The number of aliphatic hydroxyl groups is 2. The molecule has 0 aliphatic rings. The number of aliphatic hydroxyl groups excluding tert-OH is 1. The van der Waals surface area contributed by atoms with Crippen molar-refractivity contribution in [2.75, 3.05) is 6.61 Å². The van der Waals surface area contributed by atoms with Crippen LogP contribution >= 0.6 is 15.9 Å². The van der Waals surface area contributed by atoms with Crippen molar-refractivity contribution < 1.29 is 10.2 Å². The molecule has 0 saturated carbocycles. The van der Waals surface area contributed by atoms with Gasteiger partial charge in [0.25, 0.3) is 0 Å². The van der Waals surface area contributed by atoms with E-state index in [-0.39, 0.29) is 6.61 Å². The highest BCUT2D eigenvalue weighted by Gasteiger charge is 2.12. The summed E-state index contributed by atoms with van der Waals surface area (Å²) in [6.45, 7) is 1.60. The maximum absolute atomic E-state index is 8.77. The molecule has 1 atom stereocenters. The molecule has 7 heavy (non-hydrogen) atoms. The van der Waals surface area contributed by atoms with E-state index in [1.54, 1.807) is 6.92 Å². The topological polar surface area (TPSA) is 40.5 Å². The second-order valence-corrected chi connectivity index (χ2v) is 3.32. The van der Waals surface area contributed by atoms with Crippen molar-refractivity contribution in [3.8, 4) is 0 Å². The number of hydrogen-bond acceptors (Lipinski definition) is 2. The average Bonchev–Trinajstić information content (AvgIpc) is 1.30. The molecule has 0 amide bonds. The molecular formula is C4H9BrO2. The number of hydrogen-bond donors (Lipinski definition) is 2. The van der Waals surface area contributed by atoms with Gasteiger partial charge in [0.2, 0.25) is 0 Å². The SMILES string of the molecule is CC(O)(Br)CCO. The summed E-state index contributed by atoms with van der Waals surface area (Å²) in [7, 11) is 0. The lowest BCUT2D eigenvalue weighted by atomic mass is 10.3. The van der Waals surface area contributed by atoms with Gasteiger partial charge in [0, 0.05) is 13.0 Å². The van der Waals surface area contributed by atoms with Crippen molar-refractivity contribution in [2.24, 2.45) is 0 Å². The molecule has 0 aliphatic heterocycles. The minimum atomic E-state index is -0.887. The van der Waals surface area contributed by atoms with Gasteiger partial charge < -0.3 is 10.2 Å². The Hall–Kier alpha value is 0.400. The van der Waals surface area contributed by atoms with Crippen molar-refractivity contribution >= 4 is 15.9 Å². The van der Waals surface area contributed by atoms with Gasteiger partial charge in [0.15, 0.2) is 0 Å². The van der Waals surface area contributed by atoms with E-state index in [2.05, 4.69) is 15.9 Å². The fourth-order valence-electron chi connectivity index (χ4n) is 0.204. The van der Waals surface area contributed by atoms with Crippen molar-refractivity contribution in [1.29, 1.82) is 0 Å². The normalized spacial score (nSPS) is 18.9. The molecule has 0 saturated heterocycles. The van der Waals surface area contributed by atoms with Gasteiger partial charge in [0.1, 0.15) is 4.51 Å². The van der Waals surface area contributed by atoms with Gasteiger partial charge in [-0.15, -0.1) is 0 Å². The highest BCUT2D eigenvalue weighted by Crippen LogP contribution is 2.15. The second-order valence-electron chi connectivity index (χ2n) is 1.62. The molecule has 1 unspecified atom stereocenters. The third-order valence-corrected chi connectivity index (χ3v) is 0.965. The summed E-state index contributed by atoms with van der Waals surface area (Å²) in [5, 5.41) is 17.0. The second kappa shape index (κ2) is 2.64. The maximum atomic E-state index is 8.77. The van der Waals surface area contributed by atoms with E-state index < -0.39 is 4.51 Å². The number of alkyl halides is 1. The first-order valence-corrected chi connectivity index (χ1v) is 2.88. The quantitative estimate of drug-likeness (QED) is 0.590. The summed E-state index contributed by atoms with van der Waals surface area (Å²) in [5.74, 6) is 0. The van der Waals surface area contributed by atoms with Crippen molar-refractivity contribution in [3.05, 3.63) is 0 Å². The van der Waals surface area contributed by atoms with Crippen LogP contribution in [0.4, 0.5) is 0 Å². The molecule has 0 aliphatic carbocycles. The summed E-state index contributed by atoms with van der Waals surface area (Å²) in [6.07, 6.45) is 0.368. The maximum Gasteiger partial charge on any atom is 0.119 e. The summed E-state index contributed by atoms with van der Waals surface area (Å²) >= 11 is 2.93. The summed E-state index contributed by atoms with van der Waals surface area (Å²) in [5.41, 5.74) is 0. The minimum Gasteiger partial charge on any atom is -0.396 e. The zero-order chi connectivity index (χ0) is 5.91. The molecule has 2 N–H and O–H groups in total. The van der Waals surface area contributed by atoms with Crippen LogP contribution in [-0.4, -0.2) is 21.3 Å². The third kappa shape index (κ3) is 6.40. The van der Waals surface area contributed by atoms with Gasteiger partial charge in [-0.05, 0) is 6.92 Å². The van der Waals surface area contributed by atoms with Gasteiger partial charge in [0.05, 0.1) is 0 Å². The van der Waals surface area contributed by atoms with Crippen LogP contribution < -0.4 is 0 Å². The molecule has 0 aromatic rings. The number of halogens is 1. The molecule has 0 spiro atoms. The van der Waals surface area contributed by atoms with Crippen LogP contribution in [0.5, 0.6) is 0 Å². The predicted molar refractivity (Wildman–Crippen MR) is 31.3 cm³/mol. The third-order valence-electron chi connectivity index (χ3n) is 0.568. The molecule has 3 heteroatoms. The fourth-order valence-corrected chi connectivity index (χ4v) is 0.381. The zero-order valence-corrected chi connectivity index (χ0v) is 5.77. The van der Waals surface area contributed by atoms with Crippen LogP contribution in [0.15, 0.2) is 0 Å². The van der Waals surface area contributed by atoms with E-state index in [9.17, 15) is 0 Å². The summed E-state index contributed by atoms with van der Waals surface area (Å²) in [4.78, 5) is 0. The highest BCUT2D eigenvalue weighted by atomic mass is 79.9. The van der Waals surface area contributed by atoms with Crippen LogP contribution in [0.1, 0.15) is 13.3 Å². The Labute approximate surface area is 51.3 Å². The Bertz CT molecular complexity index is 48.1. The lowest BCUT2D eigenvalue weighted by molar-refractivity contribution is 0.125. The van der Waals surface area contributed by atoms with Gasteiger partial charge in [-0.3, -0.25) is 0 Å². The molecule has 44 valence electrons. The molecule has 0 heterocycles. The Balaban J connectivity index is 3.15. The van der Waals surface area contributed by atoms with Gasteiger partial charge in [-0.2, -0.15) is 0 Å². The zero-order valence-electron chi connectivity index (χ0n) is 4.19. The van der Waals surface area contributed by atoms with Gasteiger partial charge in [-0.25, -0.2) is 0 Å². The number of rotatable bonds is 2. The smallest absolute Gasteiger partial charge is 0.119 e. The highest BCUT2D eigenvalue weighted by molar-refractivity contribution is 9.10. The van der Waals surface area contributed by atoms with E-state index >= 15 is 0 Å². The van der Waals surface area contributed by atoms with E-state index in [1.165, 1.54) is 0 Å². The average molecular weight is 169 g/mol. The predicted octanol–water partition coefficient (Wildman–Crippen LogP) is 0.472. The lowest BCUT2D eigenvalue weighted by Crippen LogP contribution is -2.15. The van der Waals surface area contributed by atoms with E-state index in [1.807, 2.05) is 0 Å². The van der Waals surface area contributed by atoms with Crippen LogP contribution in [0, 0.1) is 0 Å². The fraction of sp³-hybridized carbons (Fsp3) is 1.00. The molecule has 0 aromatic heterocycles. The minimum absolute atomic E-state index is 0.0122. The monoisotopic (exact) mass is 168 g/mol. The van der Waals surface area contributed by atoms with Crippen molar-refractivity contribution in [1.82, 2.24) is 0 Å². The van der Waals surface area contributed by atoms with Crippen molar-refractivity contribution in [3.63, 3.8) is 0 Å². The van der Waals surface area contributed by atoms with E-state index in [0.29, 0.717) is 6.42 Å². The Morgan fingerprint density at radius 3 is 2.14 bits per heavy atom. The molecule has 0 rings (SSSR count). The molecule has 0 fully saturated rings. The molecular weight excluding hydrogens is 160 g/mol. The molecule has 0 radical (unpaired) electrons. The van der Waals surface area contributed by atoms with E-state index in [4.69, 9.17) is 10.2 Å². The van der Waals surface area contributed by atoms with E-state index in [0.717, 1.165) is 0 Å².